The van der Waals surface area contributed by atoms with Crippen molar-refractivity contribution in [1.82, 2.24) is 29.7 Å². The molecule has 0 spiro atoms. The predicted octanol–water partition coefficient (Wildman–Crippen LogP) is 4.35. The Labute approximate surface area is 304 Å². The van der Waals surface area contributed by atoms with E-state index < -0.39 is 11.8 Å². The van der Waals surface area contributed by atoms with Crippen molar-refractivity contribution in [2.24, 2.45) is 23.3 Å². The number of carbonyl (C=O) groups excluding carboxylic acids is 4. The number of nitrogens with two attached hydrogens (primary N) is 2. The average molecular weight is 719 g/mol. The van der Waals surface area contributed by atoms with Crippen molar-refractivity contribution in [2.75, 3.05) is 23.7 Å². The lowest BCUT2D eigenvalue weighted by molar-refractivity contribution is 0.0935. The summed E-state index contributed by atoms with van der Waals surface area (Å²) in [7, 11) is 0. The lowest BCUT2D eigenvalue weighted by atomic mass is 10.1. The maximum atomic E-state index is 13.1. The topological polar surface area (TPSA) is 252 Å². The first-order valence-electron chi connectivity index (χ1n) is 17.8. The Hall–Kier alpha value is -5.54. The van der Waals surface area contributed by atoms with Crippen LogP contribution in [0.5, 0.6) is 0 Å². The predicted molar refractivity (Wildman–Crippen MR) is 202 cm³/mol. The van der Waals surface area contributed by atoms with Crippen molar-refractivity contribution < 1.29 is 19.2 Å². The van der Waals surface area contributed by atoms with Crippen LogP contribution in [0.4, 0.5) is 11.4 Å². The molecule has 3 aromatic rings. The van der Waals surface area contributed by atoms with Crippen LogP contribution in [-0.2, 0) is 13.1 Å². The maximum Gasteiger partial charge on any atom is 0.275 e. The first-order valence-corrected chi connectivity index (χ1v) is 17.8. The van der Waals surface area contributed by atoms with Crippen LogP contribution >= 0.6 is 0 Å². The average Bonchev–Trinajstić information content (AvgIpc) is 3.69. The van der Waals surface area contributed by atoms with Crippen molar-refractivity contribution in [1.29, 1.82) is 10.8 Å². The highest BCUT2D eigenvalue weighted by molar-refractivity contribution is 6.06. The Kier molecular flexibility index (Phi) is 16.0. The van der Waals surface area contributed by atoms with Gasteiger partial charge in [0.25, 0.3) is 23.6 Å². The van der Waals surface area contributed by atoms with E-state index >= 15 is 0 Å². The van der Waals surface area contributed by atoms with Crippen LogP contribution in [0.15, 0.2) is 36.9 Å². The standard InChI is InChI=1S/C36H54N12O4/c1-23(2)11-15-47-21-25(17-29(47)35(51)41-13-7-5-9-31(37)38)45-33(49)27-19-44-28(20-43-27)34(50)46-26-18-30(48(22-26)16-12-24(3)4)36(52)42-14-8-6-10-32(39)40/h17-24H,5-16H2,1-4H3,(H3,37,38)(H3,39,40)(H,41,51)(H,42,52)(H,45,49)(H,46,50). The van der Waals surface area contributed by atoms with Gasteiger partial charge in [0.1, 0.15) is 22.8 Å². The largest absolute Gasteiger partial charge is 0.388 e. The van der Waals surface area contributed by atoms with Crippen molar-refractivity contribution >= 4 is 46.7 Å². The molecule has 3 heterocycles. The molecule has 0 saturated carbocycles. The van der Waals surface area contributed by atoms with E-state index in [-0.39, 0.29) is 34.9 Å². The van der Waals surface area contributed by atoms with Gasteiger partial charge >= 0.3 is 0 Å². The van der Waals surface area contributed by atoms with Gasteiger partial charge < -0.3 is 41.9 Å². The van der Waals surface area contributed by atoms with Crippen molar-refractivity contribution in [2.45, 2.75) is 92.2 Å². The van der Waals surface area contributed by atoms with E-state index in [1.165, 1.54) is 12.4 Å². The SMILES string of the molecule is CC(C)CCn1cc(NC(=O)c2cnc(C(=O)Nc3cc(C(=O)NCCCCC(=N)N)n(CCC(C)C)c3)cn2)cc1C(=O)NCCCCC(=N)N. The molecule has 0 saturated heterocycles. The lowest BCUT2D eigenvalue weighted by Gasteiger charge is -2.11. The summed E-state index contributed by atoms with van der Waals surface area (Å²) in [4.78, 5) is 60.5. The van der Waals surface area contributed by atoms with Crippen molar-refractivity contribution in [3.05, 3.63) is 59.7 Å². The van der Waals surface area contributed by atoms with Crippen LogP contribution in [0, 0.1) is 22.7 Å². The van der Waals surface area contributed by atoms with E-state index in [1.807, 2.05) is 9.13 Å². The molecule has 3 aromatic heterocycles. The summed E-state index contributed by atoms with van der Waals surface area (Å²) in [5, 5.41) is 26.0. The number of carbonyl (C=O) groups is 4. The van der Waals surface area contributed by atoms with Crippen molar-refractivity contribution in [3.8, 4) is 0 Å². The summed E-state index contributed by atoms with van der Waals surface area (Å²) in [6, 6.07) is 3.21. The summed E-state index contributed by atoms with van der Waals surface area (Å²) in [6.07, 6.45) is 11.2. The third-order valence-corrected chi connectivity index (χ3v) is 8.10. The number of unbranched alkanes of at least 4 members (excludes halogenated alkanes) is 2. The number of aryl methyl sites for hydroxylation is 2. The zero-order chi connectivity index (χ0) is 38.2. The van der Waals surface area contributed by atoms with E-state index in [9.17, 15) is 19.2 Å². The minimum atomic E-state index is -0.559. The van der Waals surface area contributed by atoms with Crippen LogP contribution in [0.1, 0.15) is 121 Å². The van der Waals surface area contributed by atoms with Gasteiger partial charge in [-0.1, -0.05) is 27.7 Å². The normalized spacial score (nSPS) is 11.0. The number of aromatic nitrogens is 4. The molecule has 0 atom stereocenters. The highest BCUT2D eigenvalue weighted by atomic mass is 16.2. The molecule has 4 amide bonds. The van der Waals surface area contributed by atoms with Crippen molar-refractivity contribution in [3.63, 3.8) is 0 Å². The van der Waals surface area contributed by atoms with Gasteiger partial charge in [-0.2, -0.15) is 0 Å². The lowest BCUT2D eigenvalue weighted by Crippen LogP contribution is -2.27. The summed E-state index contributed by atoms with van der Waals surface area (Å²) < 4.78 is 3.61. The van der Waals surface area contributed by atoms with Gasteiger partial charge in [-0.25, -0.2) is 9.97 Å². The summed E-state index contributed by atoms with van der Waals surface area (Å²) in [6.45, 7) is 10.4. The Balaban J connectivity index is 1.65. The molecule has 3 rings (SSSR count). The van der Waals surface area contributed by atoms with Crippen LogP contribution < -0.4 is 32.7 Å². The highest BCUT2D eigenvalue weighted by Gasteiger charge is 2.19. The molecule has 0 unspecified atom stereocenters. The fraction of sp³-hybridized carbons (Fsp3) is 0.500. The number of hydrogen-bond acceptors (Lipinski definition) is 8. The van der Waals surface area contributed by atoms with Gasteiger partial charge in [-0.3, -0.25) is 30.0 Å². The Morgan fingerprint density at radius 1 is 0.654 bits per heavy atom. The monoisotopic (exact) mass is 718 g/mol. The van der Waals surface area contributed by atoms with Crippen LogP contribution in [0.3, 0.4) is 0 Å². The van der Waals surface area contributed by atoms with Gasteiger partial charge in [-0.05, 0) is 62.5 Å². The first kappa shape index (κ1) is 40.9. The van der Waals surface area contributed by atoms with Gasteiger partial charge in [0.15, 0.2) is 0 Å². The smallest absolute Gasteiger partial charge is 0.275 e. The molecule has 0 aliphatic heterocycles. The van der Waals surface area contributed by atoms with E-state index in [0.717, 1.165) is 12.8 Å². The maximum absolute atomic E-state index is 13.1. The van der Waals surface area contributed by atoms with Crippen LogP contribution in [-0.4, -0.2) is 67.5 Å². The molecule has 0 aliphatic rings. The van der Waals surface area contributed by atoms with Crippen LogP contribution in [0.25, 0.3) is 0 Å². The minimum Gasteiger partial charge on any atom is -0.388 e. The number of anilines is 2. The van der Waals surface area contributed by atoms with E-state index in [2.05, 4.69) is 58.9 Å². The third kappa shape index (κ3) is 13.6. The minimum absolute atomic E-state index is 0.0231. The number of nitrogens with one attached hydrogen (secondary N) is 6. The molecule has 0 fully saturated rings. The molecule has 52 heavy (non-hydrogen) atoms. The number of amidine groups is 2. The zero-order valence-electron chi connectivity index (χ0n) is 30.7. The zero-order valence-corrected chi connectivity index (χ0v) is 30.7. The molecule has 0 aliphatic carbocycles. The second kappa shape index (κ2) is 20.3. The summed E-state index contributed by atoms with van der Waals surface area (Å²) in [5.41, 5.74) is 12.4. The molecule has 16 heteroatoms. The fourth-order valence-electron chi connectivity index (χ4n) is 5.12. The molecule has 10 N–H and O–H groups in total. The second-order valence-electron chi connectivity index (χ2n) is 13.7. The molecule has 16 nitrogen and oxygen atoms in total. The Morgan fingerprint density at radius 2 is 1.04 bits per heavy atom. The Morgan fingerprint density at radius 3 is 1.37 bits per heavy atom. The number of hydrogen-bond donors (Lipinski definition) is 8. The first-order chi connectivity index (χ1) is 24.7. The van der Waals surface area contributed by atoms with Crippen LogP contribution in [0.2, 0.25) is 0 Å². The van der Waals surface area contributed by atoms with E-state index in [0.29, 0.717) is 99.3 Å². The van der Waals surface area contributed by atoms with Gasteiger partial charge in [0, 0.05) is 51.4 Å². The quantitative estimate of drug-likeness (QED) is 0.0420. The van der Waals surface area contributed by atoms with E-state index in [4.69, 9.17) is 22.3 Å². The molecule has 282 valence electrons. The molecule has 0 radical (unpaired) electrons. The van der Waals surface area contributed by atoms with Gasteiger partial charge in [0.05, 0.1) is 35.4 Å². The Bertz CT molecular complexity index is 1570. The van der Waals surface area contributed by atoms with E-state index in [1.54, 1.807) is 24.5 Å². The van der Waals surface area contributed by atoms with Gasteiger partial charge in [-0.15, -0.1) is 0 Å². The highest BCUT2D eigenvalue weighted by Crippen LogP contribution is 2.19. The summed E-state index contributed by atoms with van der Waals surface area (Å²) in [5.74, 6) is -0.621. The molecular formula is C36H54N12O4. The van der Waals surface area contributed by atoms with Gasteiger partial charge in [0.2, 0.25) is 0 Å². The number of rotatable bonds is 22. The number of nitrogens with zero attached hydrogens (tertiary/aromatic N) is 4. The fourth-order valence-corrected chi connectivity index (χ4v) is 5.12. The molecule has 0 aromatic carbocycles. The summed E-state index contributed by atoms with van der Waals surface area (Å²) >= 11 is 0. The number of amides is 4. The molecular weight excluding hydrogens is 664 g/mol. The molecule has 0 bridgehead atoms. The third-order valence-electron chi connectivity index (χ3n) is 8.10. The second-order valence-corrected chi connectivity index (χ2v) is 13.7.